The summed E-state index contributed by atoms with van der Waals surface area (Å²) in [5.74, 6) is -1.92. The van der Waals surface area contributed by atoms with Gasteiger partial charge in [0.05, 0.1) is 0 Å². The van der Waals surface area contributed by atoms with Crippen molar-refractivity contribution < 1.29 is 19.8 Å². The molecule has 0 aliphatic rings. The average molecular weight is 158 g/mol. The van der Waals surface area contributed by atoms with Crippen molar-refractivity contribution in [3.05, 3.63) is 11.6 Å². The summed E-state index contributed by atoms with van der Waals surface area (Å²) in [7, 11) is 0. The maximum absolute atomic E-state index is 10.2. The maximum Gasteiger partial charge on any atom is 0.330 e. The summed E-state index contributed by atoms with van der Waals surface area (Å²) in [5, 5.41) is 16.5. The first-order valence-corrected chi connectivity index (χ1v) is 3.16. The molecule has 2 N–H and O–H groups in total. The Balaban J connectivity index is 3.74. The zero-order valence-corrected chi connectivity index (χ0v) is 6.20. The fourth-order valence-electron chi connectivity index (χ4n) is 0.499. The quantitative estimate of drug-likeness (QED) is 0.595. The van der Waals surface area contributed by atoms with E-state index in [1.54, 1.807) is 0 Å². The maximum atomic E-state index is 10.2. The van der Waals surface area contributed by atoms with Crippen LogP contribution in [0.5, 0.6) is 0 Å². The van der Waals surface area contributed by atoms with E-state index in [0.29, 0.717) is 0 Å². The first kappa shape index (κ1) is 9.68. The van der Waals surface area contributed by atoms with E-state index in [0.717, 1.165) is 0 Å². The molecule has 0 atom stereocenters. The highest BCUT2D eigenvalue weighted by Gasteiger charge is 1.99. The van der Waals surface area contributed by atoms with Crippen molar-refractivity contribution in [2.75, 3.05) is 0 Å². The molecule has 0 radical (unpaired) electrons. The minimum Gasteiger partial charge on any atom is -0.481 e. The highest BCUT2D eigenvalue weighted by molar-refractivity contribution is 5.85. The van der Waals surface area contributed by atoms with E-state index < -0.39 is 11.9 Å². The van der Waals surface area contributed by atoms with Gasteiger partial charge in [0.1, 0.15) is 0 Å². The highest BCUT2D eigenvalue weighted by Crippen LogP contribution is 1.97. The zero-order valence-electron chi connectivity index (χ0n) is 6.20. The predicted molar refractivity (Wildman–Crippen MR) is 38.3 cm³/mol. The fraction of sp³-hybridized carbons (Fsp3) is 0.429. The molecule has 0 aromatic heterocycles. The summed E-state index contributed by atoms with van der Waals surface area (Å²) in [6, 6.07) is 0. The van der Waals surface area contributed by atoms with Crippen molar-refractivity contribution in [1.82, 2.24) is 0 Å². The molecule has 0 saturated carbocycles. The lowest BCUT2D eigenvalue weighted by atomic mass is 10.2. The van der Waals surface area contributed by atoms with Crippen LogP contribution in [0.1, 0.15) is 19.8 Å². The molecule has 0 unspecified atom stereocenters. The molecule has 0 amide bonds. The Morgan fingerprint density at radius 2 is 1.91 bits per heavy atom. The Morgan fingerprint density at radius 1 is 1.36 bits per heavy atom. The van der Waals surface area contributed by atoms with Crippen LogP contribution in [0.2, 0.25) is 0 Å². The van der Waals surface area contributed by atoms with Gasteiger partial charge in [-0.05, 0) is 13.3 Å². The van der Waals surface area contributed by atoms with Crippen LogP contribution in [0.25, 0.3) is 0 Å². The van der Waals surface area contributed by atoms with Crippen LogP contribution in [0.3, 0.4) is 0 Å². The van der Waals surface area contributed by atoms with Crippen molar-refractivity contribution in [3.8, 4) is 0 Å². The summed E-state index contributed by atoms with van der Waals surface area (Å²) in [5.41, 5.74) is 0.186. The molecule has 0 rings (SSSR count). The summed E-state index contributed by atoms with van der Waals surface area (Å²) >= 11 is 0. The molecule has 0 bridgehead atoms. The number of aliphatic carboxylic acids is 2. The standard InChI is InChI=1S/C7H10O4/c1-5(7(10)11)3-2-4-6(8)9/h3H,2,4H2,1H3,(H,8,9)(H,10,11). The Morgan fingerprint density at radius 3 is 2.27 bits per heavy atom. The Bertz CT molecular complexity index is 193. The van der Waals surface area contributed by atoms with Crippen LogP contribution in [0.4, 0.5) is 0 Å². The van der Waals surface area contributed by atoms with Gasteiger partial charge in [-0.2, -0.15) is 0 Å². The second-order valence-electron chi connectivity index (χ2n) is 2.12. The molecule has 0 spiro atoms. The predicted octanol–water partition coefficient (Wildman–Crippen LogP) is 0.882. The third-order valence-electron chi connectivity index (χ3n) is 1.15. The van der Waals surface area contributed by atoms with Crippen LogP contribution < -0.4 is 0 Å². The molecular weight excluding hydrogens is 148 g/mol. The van der Waals surface area contributed by atoms with Crippen molar-refractivity contribution >= 4 is 11.9 Å². The molecule has 0 aliphatic carbocycles. The van der Waals surface area contributed by atoms with Gasteiger partial charge in [-0.25, -0.2) is 4.79 Å². The number of rotatable bonds is 4. The largest absolute Gasteiger partial charge is 0.481 e. The molecule has 4 heteroatoms. The molecule has 0 saturated heterocycles. The third-order valence-corrected chi connectivity index (χ3v) is 1.15. The van der Waals surface area contributed by atoms with Crippen molar-refractivity contribution in [3.63, 3.8) is 0 Å². The van der Waals surface area contributed by atoms with E-state index in [1.165, 1.54) is 13.0 Å². The van der Waals surface area contributed by atoms with Gasteiger partial charge in [0.2, 0.25) is 0 Å². The van der Waals surface area contributed by atoms with Crippen LogP contribution >= 0.6 is 0 Å². The minimum atomic E-state index is -1.00. The summed E-state index contributed by atoms with van der Waals surface area (Å²) in [6.45, 7) is 1.43. The molecule has 0 aliphatic heterocycles. The lowest BCUT2D eigenvalue weighted by Crippen LogP contribution is -1.97. The average Bonchev–Trinajstić information content (AvgIpc) is 1.86. The highest BCUT2D eigenvalue weighted by atomic mass is 16.4. The molecule has 11 heavy (non-hydrogen) atoms. The number of hydrogen-bond donors (Lipinski definition) is 2. The van der Waals surface area contributed by atoms with E-state index in [4.69, 9.17) is 10.2 Å². The molecule has 4 nitrogen and oxygen atoms in total. The Kier molecular flexibility index (Phi) is 3.95. The molecule has 62 valence electrons. The Hall–Kier alpha value is -1.32. The van der Waals surface area contributed by atoms with E-state index in [-0.39, 0.29) is 18.4 Å². The van der Waals surface area contributed by atoms with Crippen molar-refractivity contribution in [1.29, 1.82) is 0 Å². The Labute approximate surface area is 64.2 Å². The van der Waals surface area contributed by atoms with Crippen LogP contribution in [0, 0.1) is 0 Å². The van der Waals surface area contributed by atoms with Gasteiger partial charge >= 0.3 is 11.9 Å². The summed E-state index contributed by atoms with van der Waals surface area (Å²) in [6.07, 6.45) is 1.65. The monoisotopic (exact) mass is 158 g/mol. The van der Waals surface area contributed by atoms with Gasteiger partial charge in [0.15, 0.2) is 0 Å². The van der Waals surface area contributed by atoms with E-state index in [2.05, 4.69) is 0 Å². The normalized spacial score (nSPS) is 11.2. The summed E-state index contributed by atoms with van der Waals surface area (Å²) < 4.78 is 0. The number of carboxylic acid groups (broad SMARTS) is 2. The van der Waals surface area contributed by atoms with Crippen LogP contribution in [0.15, 0.2) is 11.6 Å². The van der Waals surface area contributed by atoms with Crippen molar-refractivity contribution in [2.45, 2.75) is 19.8 Å². The molecule has 0 aromatic rings. The molecular formula is C7H10O4. The number of carboxylic acids is 2. The van der Waals surface area contributed by atoms with Gasteiger partial charge in [-0.1, -0.05) is 6.08 Å². The topological polar surface area (TPSA) is 74.6 Å². The molecule has 0 aromatic carbocycles. The lowest BCUT2D eigenvalue weighted by Gasteiger charge is -1.91. The third kappa shape index (κ3) is 5.14. The smallest absolute Gasteiger partial charge is 0.330 e. The fourth-order valence-corrected chi connectivity index (χ4v) is 0.499. The van der Waals surface area contributed by atoms with E-state index in [9.17, 15) is 9.59 Å². The van der Waals surface area contributed by atoms with Gasteiger partial charge < -0.3 is 10.2 Å². The second kappa shape index (κ2) is 4.49. The number of hydrogen-bond acceptors (Lipinski definition) is 2. The lowest BCUT2D eigenvalue weighted by molar-refractivity contribution is -0.137. The first-order chi connectivity index (χ1) is 5.04. The van der Waals surface area contributed by atoms with Gasteiger partial charge in [0, 0.05) is 12.0 Å². The molecule has 0 fully saturated rings. The number of carbonyl (C=O) groups is 2. The summed E-state index contributed by atoms with van der Waals surface area (Å²) in [4.78, 5) is 20.1. The molecule has 0 heterocycles. The van der Waals surface area contributed by atoms with E-state index >= 15 is 0 Å². The SMILES string of the molecule is CC(=CCCC(=O)O)C(=O)O. The van der Waals surface area contributed by atoms with Crippen molar-refractivity contribution in [2.24, 2.45) is 0 Å². The van der Waals surface area contributed by atoms with Crippen LogP contribution in [-0.2, 0) is 9.59 Å². The van der Waals surface area contributed by atoms with Gasteiger partial charge in [0.25, 0.3) is 0 Å². The number of allylic oxidation sites excluding steroid dienone is 1. The van der Waals surface area contributed by atoms with Gasteiger partial charge in [-0.3, -0.25) is 4.79 Å². The minimum absolute atomic E-state index is 0.0232. The van der Waals surface area contributed by atoms with Crippen LogP contribution in [-0.4, -0.2) is 22.2 Å². The van der Waals surface area contributed by atoms with E-state index in [1.807, 2.05) is 0 Å². The van der Waals surface area contributed by atoms with Gasteiger partial charge in [-0.15, -0.1) is 0 Å². The zero-order chi connectivity index (χ0) is 8.85. The first-order valence-electron chi connectivity index (χ1n) is 3.16. The second-order valence-corrected chi connectivity index (χ2v) is 2.12.